The second-order valence-corrected chi connectivity index (χ2v) is 7.08. The van der Waals surface area contributed by atoms with Gasteiger partial charge in [0.05, 0.1) is 25.4 Å². The van der Waals surface area contributed by atoms with Crippen molar-refractivity contribution in [2.24, 2.45) is 0 Å². The number of amides is 1. The number of carbonyl (C=O) groups is 1. The number of aliphatic hydroxyl groups excluding tert-OH is 1. The lowest BCUT2D eigenvalue weighted by atomic mass is 10.2. The van der Waals surface area contributed by atoms with Crippen molar-refractivity contribution < 1.29 is 19.4 Å². The molecular formula is C21H25ClN2O4. The van der Waals surface area contributed by atoms with Crippen LogP contribution < -0.4 is 14.8 Å². The van der Waals surface area contributed by atoms with Gasteiger partial charge in [-0.1, -0.05) is 11.6 Å². The molecule has 1 fully saturated rings. The lowest BCUT2D eigenvalue weighted by Gasteiger charge is -2.22. The van der Waals surface area contributed by atoms with Crippen LogP contribution in [-0.4, -0.2) is 48.3 Å². The van der Waals surface area contributed by atoms with Crippen LogP contribution in [0.2, 0.25) is 5.02 Å². The minimum atomic E-state index is -0.167. The summed E-state index contributed by atoms with van der Waals surface area (Å²) in [4.78, 5) is 14.5. The van der Waals surface area contributed by atoms with Crippen molar-refractivity contribution in [2.75, 3.05) is 31.6 Å². The van der Waals surface area contributed by atoms with Crippen LogP contribution in [0, 0.1) is 0 Å². The summed E-state index contributed by atoms with van der Waals surface area (Å²) in [6.07, 6.45) is 1.90. The van der Waals surface area contributed by atoms with Gasteiger partial charge in [0, 0.05) is 11.1 Å². The maximum atomic E-state index is 12.5. The average molecular weight is 405 g/mol. The lowest BCUT2D eigenvalue weighted by Crippen LogP contribution is -2.38. The summed E-state index contributed by atoms with van der Waals surface area (Å²) in [6, 6.07) is 12.4. The number of aliphatic hydroxyl groups is 1. The molecule has 0 aliphatic carbocycles. The van der Waals surface area contributed by atoms with Gasteiger partial charge in [-0.3, -0.25) is 9.69 Å². The molecule has 7 heteroatoms. The summed E-state index contributed by atoms with van der Waals surface area (Å²) in [5.74, 6) is 1.73. The summed E-state index contributed by atoms with van der Waals surface area (Å²) in [5.41, 5.74) is 0.506. The number of hydrogen-bond acceptors (Lipinski definition) is 5. The molecule has 1 heterocycles. The molecule has 0 saturated carbocycles. The number of benzene rings is 2. The van der Waals surface area contributed by atoms with Crippen LogP contribution in [0.4, 0.5) is 5.69 Å². The first-order chi connectivity index (χ1) is 13.6. The molecule has 1 atom stereocenters. The van der Waals surface area contributed by atoms with E-state index in [9.17, 15) is 9.90 Å². The van der Waals surface area contributed by atoms with Crippen LogP contribution >= 0.6 is 11.6 Å². The van der Waals surface area contributed by atoms with Crippen LogP contribution in [0.15, 0.2) is 42.5 Å². The summed E-state index contributed by atoms with van der Waals surface area (Å²) in [6.45, 7) is 3.63. The van der Waals surface area contributed by atoms with Crippen LogP contribution in [-0.2, 0) is 4.79 Å². The highest BCUT2D eigenvalue weighted by Gasteiger charge is 2.25. The third-order valence-corrected chi connectivity index (χ3v) is 4.87. The Morgan fingerprint density at radius 1 is 1.25 bits per heavy atom. The van der Waals surface area contributed by atoms with Gasteiger partial charge in [-0.15, -0.1) is 0 Å². The van der Waals surface area contributed by atoms with E-state index in [2.05, 4.69) is 5.32 Å². The number of carbonyl (C=O) groups excluding carboxylic acids is 1. The van der Waals surface area contributed by atoms with Crippen LogP contribution in [0.1, 0.15) is 19.8 Å². The zero-order valence-electron chi connectivity index (χ0n) is 15.9. The molecule has 1 aliphatic rings. The van der Waals surface area contributed by atoms with Crippen molar-refractivity contribution in [1.82, 2.24) is 4.90 Å². The van der Waals surface area contributed by atoms with E-state index < -0.39 is 0 Å². The number of hydrogen-bond donors (Lipinski definition) is 2. The van der Waals surface area contributed by atoms with E-state index >= 15 is 0 Å². The van der Waals surface area contributed by atoms with Crippen LogP contribution in [0.5, 0.6) is 17.2 Å². The van der Waals surface area contributed by atoms with Crippen molar-refractivity contribution in [3.63, 3.8) is 0 Å². The molecule has 6 nitrogen and oxygen atoms in total. The molecule has 0 aromatic heterocycles. The second-order valence-electron chi connectivity index (χ2n) is 6.64. The molecule has 1 aliphatic heterocycles. The van der Waals surface area contributed by atoms with E-state index in [1.807, 2.05) is 24.0 Å². The summed E-state index contributed by atoms with van der Waals surface area (Å²) in [5, 5.41) is 12.8. The van der Waals surface area contributed by atoms with Gasteiger partial charge in [0.1, 0.15) is 11.5 Å². The standard InChI is InChI=1S/C21H25ClN2O4/c1-2-27-17-6-8-18(9-7-17)28-20-10-5-15(22)12-19(20)23-21(26)13-24-11-3-4-16(24)14-25/h5-10,12,16,25H,2-4,11,13-14H2,1H3,(H,23,26)/t16-/m0/s1. The number of rotatable bonds is 8. The summed E-state index contributed by atoms with van der Waals surface area (Å²) >= 11 is 6.11. The van der Waals surface area contributed by atoms with E-state index in [-0.39, 0.29) is 25.1 Å². The molecular weight excluding hydrogens is 380 g/mol. The van der Waals surface area contributed by atoms with Crippen molar-refractivity contribution in [2.45, 2.75) is 25.8 Å². The fraction of sp³-hybridized carbons (Fsp3) is 0.381. The van der Waals surface area contributed by atoms with E-state index in [1.165, 1.54) is 0 Å². The van der Waals surface area contributed by atoms with Crippen LogP contribution in [0.3, 0.4) is 0 Å². The highest BCUT2D eigenvalue weighted by atomic mass is 35.5. The van der Waals surface area contributed by atoms with E-state index in [0.29, 0.717) is 28.8 Å². The van der Waals surface area contributed by atoms with Gasteiger partial charge in [-0.05, 0) is 68.8 Å². The Balaban J connectivity index is 1.69. The van der Waals surface area contributed by atoms with Crippen molar-refractivity contribution >= 4 is 23.2 Å². The molecule has 3 rings (SSSR count). The first kappa shape index (κ1) is 20.5. The molecule has 1 amide bonds. The normalized spacial score (nSPS) is 16.8. The number of nitrogens with one attached hydrogen (secondary N) is 1. The SMILES string of the molecule is CCOc1ccc(Oc2ccc(Cl)cc2NC(=O)CN2CCC[C@H]2CO)cc1. The first-order valence-electron chi connectivity index (χ1n) is 9.44. The Bertz CT molecular complexity index is 797. The van der Waals surface area contributed by atoms with Gasteiger partial charge in [-0.2, -0.15) is 0 Å². The number of likely N-dealkylation sites (tertiary alicyclic amines) is 1. The molecule has 0 spiro atoms. The van der Waals surface area contributed by atoms with Gasteiger partial charge >= 0.3 is 0 Å². The molecule has 2 aromatic carbocycles. The highest BCUT2D eigenvalue weighted by Crippen LogP contribution is 2.33. The number of halogens is 1. The number of nitrogens with zero attached hydrogens (tertiary/aromatic N) is 1. The Labute approximate surface area is 170 Å². The average Bonchev–Trinajstić information content (AvgIpc) is 3.12. The topological polar surface area (TPSA) is 71.0 Å². The predicted molar refractivity (Wildman–Crippen MR) is 109 cm³/mol. The Hall–Kier alpha value is -2.28. The predicted octanol–water partition coefficient (Wildman–Crippen LogP) is 3.93. The molecule has 2 N–H and O–H groups in total. The smallest absolute Gasteiger partial charge is 0.238 e. The van der Waals surface area contributed by atoms with Gasteiger partial charge in [0.2, 0.25) is 5.91 Å². The molecule has 0 bridgehead atoms. The molecule has 0 radical (unpaired) electrons. The molecule has 0 unspecified atom stereocenters. The first-order valence-corrected chi connectivity index (χ1v) is 9.82. The molecule has 150 valence electrons. The van der Waals surface area contributed by atoms with Gasteiger partial charge in [0.25, 0.3) is 0 Å². The Morgan fingerprint density at radius 3 is 2.71 bits per heavy atom. The van der Waals surface area contributed by atoms with Gasteiger partial charge < -0.3 is 19.9 Å². The lowest BCUT2D eigenvalue weighted by molar-refractivity contribution is -0.117. The van der Waals surface area contributed by atoms with Crippen molar-refractivity contribution in [1.29, 1.82) is 0 Å². The fourth-order valence-corrected chi connectivity index (χ4v) is 3.44. The van der Waals surface area contributed by atoms with Crippen molar-refractivity contribution in [3.05, 3.63) is 47.5 Å². The maximum absolute atomic E-state index is 12.5. The molecule has 1 saturated heterocycles. The number of anilines is 1. The van der Waals surface area contributed by atoms with E-state index in [1.54, 1.807) is 30.3 Å². The Kier molecular flexibility index (Phi) is 7.14. The molecule has 28 heavy (non-hydrogen) atoms. The second kappa shape index (κ2) is 9.78. The van der Waals surface area contributed by atoms with Gasteiger partial charge in [-0.25, -0.2) is 0 Å². The fourth-order valence-electron chi connectivity index (χ4n) is 3.27. The van der Waals surface area contributed by atoms with E-state index in [4.69, 9.17) is 21.1 Å². The third-order valence-electron chi connectivity index (χ3n) is 4.63. The van der Waals surface area contributed by atoms with Crippen molar-refractivity contribution in [3.8, 4) is 17.2 Å². The maximum Gasteiger partial charge on any atom is 0.238 e. The largest absolute Gasteiger partial charge is 0.494 e. The highest BCUT2D eigenvalue weighted by molar-refractivity contribution is 6.31. The quantitative estimate of drug-likeness (QED) is 0.697. The minimum absolute atomic E-state index is 0.0460. The monoisotopic (exact) mass is 404 g/mol. The van der Waals surface area contributed by atoms with Crippen LogP contribution in [0.25, 0.3) is 0 Å². The minimum Gasteiger partial charge on any atom is -0.494 e. The van der Waals surface area contributed by atoms with E-state index in [0.717, 1.165) is 25.1 Å². The number of ether oxygens (including phenoxy) is 2. The molecule has 2 aromatic rings. The summed E-state index contributed by atoms with van der Waals surface area (Å²) in [7, 11) is 0. The zero-order chi connectivity index (χ0) is 19.9. The Morgan fingerprint density at radius 2 is 2.00 bits per heavy atom. The summed E-state index contributed by atoms with van der Waals surface area (Å²) < 4.78 is 11.4. The van der Waals surface area contributed by atoms with Gasteiger partial charge in [0.15, 0.2) is 5.75 Å². The zero-order valence-corrected chi connectivity index (χ0v) is 16.6. The third kappa shape index (κ3) is 5.38.